The fourth-order valence-corrected chi connectivity index (χ4v) is 0.771. The molecule has 0 radical (unpaired) electrons. The van der Waals surface area contributed by atoms with Gasteiger partial charge in [-0.2, -0.15) is 3.59 Å². The molecule has 1 heterocycles. The molecule has 0 amide bonds. The van der Waals surface area contributed by atoms with Crippen molar-refractivity contribution in [3.8, 4) is 0 Å². The van der Waals surface area contributed by atoms with Crippen molar-refractivity contribution in [2.45, 2.75) is 0 Å². The monoisotopic (exact) mass is 205 g/mol. The molecule has 0 saturated carbocycles. The molecule has 0 saturated heterocycles. The standard InChI is InChI=1S/C4H4BrN3O2/c5-8-3(9)2(6)1-7-4(8)10/h1H,6H2,(H,7,10). The maximum atomic E-state index is 10.8. The number of hydrogen-bond donors (Lipinski definition) is 2. The van der Waals surface area contributed by atoms with Crippen LogP contribution in [0, 0.1) is 0 Å². The highest BCUT2D eigenvalue weighted by atomic mass is 79.9. The van der Waals surface area contributed by atoms with Crippen LogP contribution < -0.4 is 17.0 Å². The van der Waals surface area contributed by atoms with Gasteiger partial charge in [0.25, 0.3) is 5.56 Å². The Balaban J connectivity index is 3.66. The third-order valence-electron chi connectivity index (χ3n) is 0.955. The molecule has 0 aliphatic heterocycles. The number of nitrogens with one attached hydrogen (secondary N) is 1. The van der Waals surface area contributed by atoms with E-state index in [0.717, 1.165) is 9.79 Å². The van der Waals surface area contributed by atoms with Crippen molar-refractivity contribution in [2.75, 3.05) is 5.73 Å². The van der Waals surface area contributed by atoms with E-state index < -0.39 is 11.2 Å². The Kier molecular flexibility index (Phi) is 1.62. The Morgan fingerprint density at radius 2 is 2.20 bits per heavy atom. The first-order valence-corrected chi connectivity index (χ1v) is 3.10. The van der Waals surface area contributed by atoms with Crippen molar-refractivity contribution in [2.24, 2.45) is 0 Å². The first-order chi connectivity index (χ1) is 4.63. The summed E-state index contributed by atoms with van der Waals surface area (Å²) < 4.78 is 0.725. The number of nitrogens with zero attached hydrogens (tertiary/aromatic N) is 1. The highest BCUT2D eigenvalue weighted by Gasteiger charge is 1.98. The van der Waals surface area contributed by atoms with E-state index in [0.29, 0.717) is 0 Å². The van der Waals surface area contributed by atoms with E-state index in [-0.39, 0.29) is 5.69 Å². The zero-order valence-electron chi connectivity index (χ0n) is 4.80. The van der Waals surface area contributed by atoms with E-state index in [1.165, 1.54) is 0 Å². The summed E-state index contributed by atoms with van der Waals surface area (Å²) in [5, 5.41) is 0. The maximum Gasteiger partial charge on any atom is 0.338 e. The average molecular weight is 206 g/mol. The summed E-state index contributed by atoms with van der Waals surface area (Å²) in [6.45, 7) is 0. The summed E-state index contributed by atoms with van der Waals surface area (Å²) in [5.74, 6) is 0. The second-order valence-electron chi connectivity index (χ2n) is 1.64. The Hall–Kier alpha value is -1.04. The molecule has 0 aliphatic rings. The first kappa shape index (κ1) is 7.07. The molecule has 0 spiro atoms. The zero-order chi connectivity index (χ0) is 7.72. The Bertz CT molecular complexity index is 352. The van der Waals surface area contributed by atoms with E-state index in [1.54, 1.807) is 0 Å². The van der Waals surface area contributed by atoms with Crippen LogP contribution in [0.15, 0.2) is 15.8 Å². The number of nitrogens with two attached hydrogens (primary N) is 1. The number of aromatic nitrogens is 2. The van der Waals surface area contributed by atoms with E-state index >= 15 is 0 Å². The molecular formula is C4H4BrN3O2. The molecule has 0 fully saturated rings. The lowest BCUT2D eigenvalue weighted by Gasteiger charge is -1.92. The molecule has 1 rings (SSSR count). The number of nitrogen functional groups attached to an aromatic ring is 1. The number of aromatic amines is 1. The van der Waals surface area contributed by atoms with E-state index in [4.69, 9.17) is 5.73 Å². The quantitative estimate of drug-likeness (QED) is 0.587. The molecule has 0 atom stereocenters. The molecule has 1 aromatic rings. The Labute approximate surface area is 63.8 Å². The van der Waals surface area contributed by atoms with Crippen LogP contribution in [-0.4, -0.2) is 8.58 Å². The molecule has 54 valence electrons. The van der Waals surface area contributed by atoms with Crippen molar-refractivity contribution in [1.82, 2.24) is 8.58 Å². The molecule has 6 heteroatoms. The minimum absolute atomic E-state index is 0.00326. The van der Waals surface area contributed by atoms with Crippen LogP contribution in [0.1, 0.15) is 0 Å². The van der Waals surface area contributed by atoms with Gasteiger partial charge in [0.05, 0.1) is 16.1 Å². The molecule has 0 aromatic carbocycles. The first-order valence-electron chi connectivity index (χ1n) is 2.39. The van der Waals surface area contributed by atoms with Crippen LogP contribution in [0.3, 0.4) is 0 Å². The molecule has 0 aliphatic carbocycles. The summed E-state index contributed by atoms with van der Waals surface area (Å²) >= 11 is 2.71. The fraction of sp³-hybridized carbons (Fsp3) is 0. The van der Waals surface area contributed by atoms with Gasteiger partial charge >= 0.3 is 5.69 Å². The second-order valence-corrected chi connectivity index (χ2v) is 2.34. The zero-order valence-corrected chi connectivity index (χ0v) is 6.38. The van der Waals surface area contributed by atoms with Crippen molar-refractivity contribution < 1.29 is 0 Å². The van der Waals surface area contributed by atoms with Gasteiger partial charge < -0.3 is 10.7 Å². The van der Waals surface area contributed by atoms with Crippen LogP contribution >= 0.6 is 16.1 Å². The maximum absolute atomic E-state index is 10.8. The second kappa shape index (κ2) is 2.30. The van der Waals surface area contributed by atoms with Gasteiger partial charge in [0.2, 0.25) is 0 Å². The normalized spacial score (nSPS) is 9.70. The van der Waals surface area contributed by atoms with E-state index in [9.17, 15) is 9.59 Å². The van der Waals surface area contributed by atoms with Gasteiger partial charge in [-0.25, -0.2) is 4.79 Å². The highest BCUT2D eigenvalue weighted by Crippen LogP contribution is 1.84. The van der Waals surface area contributed by atoms with Gasteiger partial charge in [0, 0.05) is 6.20 Å². The lowest BCUT2D eigenvalue weighted by molar-refractivity contribution is 1.00. The van der Waals surface area contributed by atoms with Crippen LogP contribution in [0.2, 0.25) is 0 Å². The molecule has 5 nitrogen and oxygen atoms in total. The summed E-state index contributed by atoms with van der Waals surface area (Å²) in [5.41, 5.74) is 4.06. The molecular weight excluding hydrogens is 202 g/mol. The van der Waals surface area contributed by atoms with Crippen LogP contribution in [0.5, 0.6) is 0 Å². The smallest absolute Gasteiger partial charge is 0.338 e. The number of H-pyrrole nitrogens is 1. The van der Waals surface area contributed by atoms with Crippen molar-refractivity contribution >= 4 is 21.8 Å². The molecule has 0 unspecified atom stereocenters. The number of halogens is 1. The lowest BCUT2D eigenvalue weighted by atomic mass is 10.6. The predicted molar refractivity (Wildman–Crippen MR) is 40.1 cm³/mol. The minimum Gasteiger partial charge on any atom is -0.393 e. The van der Waals surface area contributed by atoms with Crippen LogP contribution in [-0.2, 0) is 0 Å². The van der Waals surface area contributed by atoms with Gasteiger partial charge in [-0.05, 0) is 0 Å². The lowest BCUT2D eigenvalue weighted by Crippen LogP contribution is -2.29. The van der Waals surface area contributed by atoms with Gasteiger partial charge in [0.15, 0.2) is 0 Å². The number of hydrogen-bond acceptors (Lipinski definition) is 3. The van der Waals surface area contributed by atoms with Crippen molar-refractivity contribution in [3.05, 3.63) is 27.0 Å². The predicted octanol–water partition coefficient (Wildman–Crippen LogP) is -0.723. The van der Waals surface area contributed by atoms with Crippen molar-refractivity contribution in [3.63, 3.8) is 0 Å². The summed E-state index contributed by atoms with van der Waals surface area (Å²) in [7, 11) is 0. The summed E-state index contributed by atoms with van der Waals surface area (Å²) in [4.78, 5) is 23.6. The molecule has 0 bridgehead atoms. The molecule has 3 N–H and O–H groups in total. The number of anilines is 1. The Morgan fingerprint density at radius 3 is 2.70 bits per heavy atom. The van der Waals surface area contributed by atoms with Gasteiger partial charge in [-0.1, -0.05) is 0 Å². The van der Waals surface area contributed by atoms with Crippen LogP contribution in [0.25, 0.3) is 0 Å². The highest BCUT2D eigenvalue weighted by molar-refractivity contribution is 9.08. The third kappa shape index (κ3) is 0.971. The minimum atomic E-state index is -0.552. The Morgan fingerprint density at radius 1 is 1.60 bits per heavy atom. The fourth-order valence-electron chi connectivity index (χ4n) is 0.463. The number of rotatable bonds is 0. The molecule has 10 heavy (non-hydrogen) atoms. The van der Waals surface area contributed by atoms with Crippen molar-refractivity contribution in [1.29, 1.82) is 0 Å². The van der Waals surface area contributed by atoms with E-state index in [2.05, 4.69) is 21.1 Å². The van der Waals surface area contributed by atoms with Gasteiger partial charge in [-0.15, -0.1) is 0 Å². The summed E-state index contributed by atoms with van der Waals surface area (Å²) in [6, 6.07) is 0. The third-order valence-corrected chi connectivity index (χ3v) is 1.60. The topological polar surface area (TPSA) is 80.9 Å². The van der Waals surface area contributed by atoms with Crippen LogP contribution in [0.4, 0.5) is 5.69 Å². The average Bonchev–Trinajstić information content (AvgIpc) is 1.93. The SMILES string of the molecule is Nc1c[nH]c(=O)n(Br)c1=O. The largest absolute Gasteiger partial charge is 0.393 e. The summed E-state index contributed by atoms with van der Waals surface area (Å²) in [6.07, 6.45) is 1.16. The van der Waals surface area contributed by atoms with Gasteiger partial charge in [0.1, 0.15) is 5.69 Å². The van der Waals surface area contributed by atoms with E-state index in [1.807, 2.05) is 0 Å². The van der Waals surface area contributed by atoms with Gasteiger partial charge in [-0.3, -0.25) is 4.79 Å². The molecule has 1 aromatic heterocycles.